The van der Waals surface area contributed by atoms with E-state index in [9.17, 15) is 9.59 Å². The maximum atomic E-state index is 13.3. The molecule has 2 nitrogen and oxygen atoms in total. The molecule has 0 heterocycles. The monoisotopic (exact) mass is 582 g/mol. The molecule has 5 aromatic carbocycles. The molecule has 0 aromatic heterocycles. The largest absolute Gasteiger partial charge is 0.289 e. The first kappa shape index (κ1) is 27.4. The van der Waals surface area contributed by atoms with E-state index in [0.29, 0.717) is 16.7 Å². The average molecular weight is 583 g/mol. The van der Waals surface area contributed by atoms with Crippen LogP contribution in [0.15, 0.2) is 146 Å². The van der Waals surface area contributed by atoms with Gasteiger partial charge in [-0.1, -0.05) is 72.1 Å². The van der Waals surface area contributed by atoms with E-state index in [1.165, 1.54) is 11.8 Å². The molecule has 0 bridgehead atoms. The van der Waals surface area contributed by atoms with Crippen LogP contribution in [0.3, 0.4) is 0 Å². The second-order valence-corrected chi connectivity index (χ2v) is 12.0. The molecule has 6 heteroatoms. The van der Waals surface area contributed by atoms with Crippen molar-refractivity contribution < 1.29 is 9.59 Å². The van der Waals surface area contributed by atoms with Gasteiger partial charge in [0.1, 0.15) is 0 Å². The van der Waals surface area contributed by atoms with E-state index in [1.54, 1.807) is 23.5 Å². The van der Waals surface area contributed by atoms with Gasteiger partial charge in [0.05, 0.1) is 0 Å². The van der Waals surface area contributed by atoms with Crippen molar-refractivity contribution in [2.45, 2.75) is 24.5 Å². The molecule has 0 unspecified atom stereocenters. The first-order chi connectivity index (χ1) is 19.0. The van der Waals surface area contributed by atoms with E-state index >= 15 is 0 Å². The van der Waals surface area contributed by atoms with Gasteiger partial charge in [-0.3, -0.25) is 9.59 Å². The van der Waals surface area contributed by atoms with Crippen LogP contribution in [0.2, 0.25) is 0 Å². The summed E-state index contributed by atoms with van der Waals surface area (Å²) in [7, 11) is 0. The van der Waals surface area contributed by atoms with Crippen molar-refractivity contribution in [3.8, 4) is 11.1 Å². The average Bonchev–Trinajstić information content (AvgIpc) is 2.98. The van der Waals surface area contributed by atoms with E-state index in [2.05, 4.69) is 6.07 Å². The van der Waals surface area contributed by atoms with Crippen LogP contribution in [-0.2, 0) is 0 Å². The maximum absolute atomic E-state index is 13.3. The van der Waals surface area contributed by atoms with E-state index in [1.807, 2.05) is 122 Å². The number of halogens is 1. The van der Waals surface area contributed by atoms with Crippen LogP contribution >= 0.6 is 46.9 Å². The Balaban J connectivity index is 1.42. The molecule has 0 atom stereocenters. The lowest BCUT2D eigenvalue weighted by molar-refractivity contribution is 0.103. The summed E-state index contributed by atoms with van der Waals surface area (Å²) in [6.45, 7) is 0. The second kappa shape index (κ2) is 12.8. The number of benzene rings is 5. The number of thioether (sulfide) groups is 1. The predicted molar refractivity (Wildman–Crippen MR) is 165 cm³/mol. The van der Waals surface area contributed by atoms with Crippen molar-refractivity contribution in [2.75, 3.05) is 6.26 Å². The number of carbonyl (C=O) groups excluding carboxylic acids is 2. The zero-order valence-corrected chi connectivity index (χ0v) is 24.2. The molecule has 39 heavy (non-hydrogen) atoms. The zero-order chi connectivity index (χ0) is 27.2. The Morgan fingerprint density at radius 1 is 0.564 bits per heavy atom. The first-order valence-corrected chi connectivity index (χ1v) is 15.4. The van der Waals surface area contributed by atoms with Gasteiger partial charge < -0.3 is 0 Å². The standard InChI is InChI=1S/C33H23ClO2S3/c1-37-25-17-14-22(15-18-25)32(35)28-12-5-6-13-30(28)39-27-11-7-8-23(20-27)24-16-19-31(29(21-24)33(34)36)38-26-9-3-2-4-10-26/h2-21H,1H3. The number of ketones is 1. The van der Waals surface area contributed by atoms with Gasteiger partial charge in [0.2, 0.25) is 0 Å². The van der Waals surface area contributed by atoms with Gasteiger partial charge in [-0.05, 0) is 102 Å². The van der Waals surface area contributed by atoms with Crippen molar-refractivity contribution >= 4 is 57.9 Å². The minimum Gasteiger partial charge on any atom is -0.289 e. The second-order valence-electron chi connectivity index (χ2n) is 8.58. The highest BCUT2D eigenvalue weighted by atomic mass is 35.5. The summed E-state index contributed by atoms with van der Waals surface area (Å²) in [6.07, 6.45) is 2.02. The molecule has 5 aromatic rings. The van der Waals surface area contributed by atoms with Gasteiger partial charge in [0.25, 0.3) is 5.24 Å². The molecule has 5 rings (SSSR count). The molecule has 0 N–H and O–H groups in total. The molecule has 0 radical (unpaired) electrons. The Bertz CT molecular complexity index is 1630. The highest BCUT2D eigenvalue weighted by Crippen LogP contribution is 2.37. The molecular weight excluding hydrogens is 560 g/mol. The Morgan fingerprint density at radius 2 is 1.21 bits per heavy atom. The first-order valence-electron chi connectivity index (χ1n) is 12.1. The van der Waals surface area contributed by atoms with Crippen LogP contribution < -0.4 is 0 Å². The lowest BCUT2D eigenvalue weighted by Gasteiger charge is -2.12. The summed E-state index contributed by atoms with van der Waals surface area (Å²) in [5.41, 5.74) is 3.68. The predicted octanol–water partition coefficient (Wildman–Crippen LogP) is 9.99. The molecule has 0 aliphatic heterocycles. The summed E-state index contributed by atoms with van der Waals surface area (Å²) >= 11 is 10.7. The van der Waals surface area contributed by atoms with E-state index in [4.69, 9.17) is 11.6 Å². The Labute approximate surface area is 246 Å². The van der Waals surface area contributed by atoms with Crippen molar-refractivity contribution in [2.24, 2.45) is 0 Å². The normalized spacial score (nSPS) is 10.8. The van der Waals surface area contributed by atoms with Crippen LogP contribution in [0.4, 0.5) is 0 Å². The maximum Gasteiger partial charge on any atom is 0.253 e. The summed E-state index contributed by atoms with van der Waals surface area (Å²) < 4.78 is 0. The third-order valence-corrected chi connectivity index (χ3v) is 9.14. The van der Waals surface area contributed by atoms with Crippen LogP contribution in [0.5, 0.6) is 0 Å². The van der Waals surface area contributed by atoms with Crippen molar-refractivity contribution in [1.29, 1.82) is 0 Å². The molecule has 0 aliphatic carbocycles. The third kappa shape index (κ3) is 6.68. The highest BCUT2D eigenvalue weighted by molar-refractivity contribution is 7.99. The van der Waals surface area contributed by atoms with Gasteiger partial charge in [-0.25, -0.2) is 0 Å². The number of rotatable bonds is 9. The van der Waals surface area contributed by atoms with Gasteiger partial charge in [0.15, 0.2) is 5.78 Å². The fourth-order valence-corrected chi connectivity index (χ4v) is 6.64. The Kier molecular flexibility index (Phi) is 8.95. The minimum atomic E-state index is -0.487. The highest BCUT2D eigenvalue weighted by Gasteiger charge is 2.16. The van der Waals surface area contributed by atoms with Gasteiger partial charge >= 0.3 is 0 Å². The van der Waals surface area contributed by atoms with Crippen molar-refractivity contribution in [1.82, 2.24) is 0 Å². The molecule has 0 aliphatic rings. The molecule has 0 spiro atoms. The number of hydrogen-bond acceptors (Lipinski definition) is 5. The molecular formula is C33H23ClO2S3. The van der Waals surface area contributed by atoms with Crippen LogP contribution in [0.25, 0.3) is 11.1 Å². The van der Waals surface area contributed by atoms with Crippen LogP contribution in [-0.4, -0.2) is 17.3 Å². The van der Waals surface area contributed by atoms with Gasteiger partial charge in [-0.2, -0.15) is 0 Å². The SMILES string of the molecule is CSc1ccc(C(=O)c2ccccc2Sc2cccc(-c3ccc(Sc4ccccc4)c(C(=O)Cl)c3)c2)cc1. The zero-order valence-electron chi connectivity index (χ0n) is 21.0. The molecule has 0 saturated carbocycles. The molecule has 192 valence electrons. The summed E-state index contributed by atoms with van der Waals surface area (Å²) in [4.78, 5) is 30.5. The van der Waals surface area contributed by atoms with E-state index in [0.717, 1.165) is 35.6 Å². The third-order valence-electron chi connectivity index (χ3n) is 6.04. The number of hydrogen-bond donors (Lipinski definition) is 0. The number of carbonyl (C=O) groups is 2. The summed E-state index contributed by atoms with van der Waals surface area (Å²) in [6, 6.07) is 39.2. The van der Waals surface area contributed by atoms with E-state index in [-0.39, 0.29) is 5.78 Å². The minimum absolute atomic E-state index is 0.00122. The Hall–Kier alpha value is -3.22. The summed E-state index contributed by atoms with van der Waals surface area (Å²) in [5.74, 6) is -0.00122. The lowest BCUT2D eigenvalue weighted by Crippen LogP contribution is -2.02. The van der Waals surface area contributed by atoms with Crippen LogP contribution in [0.1, 0.15) is 26.3 Å². The van der Waals surface area contributed by atoms with Crippen LogP contribution in [0, 0.1) is 0 Å². The van der Waals surface area contributed by atoms with E-state index < -0.39 is 5.24 Å². The van der Waals surface area contributed by atoms with Crippen molar-refractivity contribution in [3.63, 3.8) is 0 Å². The van der Waals surface area contributed by atoms with Crippen molar-refractivity contribution in [3.05, 3.63) is 138 Å². The fraction of sp³-hybridized carbons (Fsp3) is 0.0303. The lowest BCUT2D eigenvalue weighted by atomic mass is 10.0. The topological polar surface area (TPSA) is 34.1 Å². The molecule has 0 fully saturated rings. The smallest absolute Gasteiger partial charge is 0.253 e. The summed E-state index contributed by atoms with van der Waals surface area (Å²) in [5, 5.41) is -0.487. The quantitative estimate of drug-likeness (QED) is 0.0981. The molecule has 0 saturated heterocycles. The molecule has 0 amide bonds. The van der Waals surface area contributed by atoms with Gasteiger partial charge in [0, 0.05) is 41.2 Å². The van der Waals surface area contributed by atoms with Gasteiger partial charge in [-0.15, -0.1) is 11.8 Å². The Morgan fingerprint density at radius 3 is 1.95 bits per heavy atom. The fourth-order valence-electron chi connectivity index (χ4n) is 4.07.